The zero-order chi connectivity index (χ0) is 15.6. The van der Waals surface area contributed by atoms with Gasteiger partial charge < -0.3 is 10.1 Å². The van der Waals surface area contributed by atoms with Crippen molar-refractivity contribution in [3.63, 3.8) is 0 Å². The zero-order valence-electron chi connectivity index (χ0n) is 10.7. The van der Waals surface area contributed by atoms with Gasteiger partial charge in [-0.1, -0.05) is 0 Å². The van der Waals surface area contributed by atoms with E-state index < -0.39 is 37.1 Å². The monoisotopic (exact) mass is 339 g/mol. The van der Waals surface area contributed by atoms with Crippen LogP contribution in [0.25, 0.3) is 0 Å². The van der Waals surface area contributed by atoms with Gasteiger partial charge in [0.2, 0.25) is 0 Å². The Hall–Kier alpha value is -1.25. The van der Waals surface area contributed by atoms with Crippen LogP contribution in [0.15, 0.2) is 17.0 Å². The van der Waals surface area contributed by atoms with Crippen LogP contribution >= 0.6 is 10.7 Å². The van der Waals surface area contributed by atoms with Gasteiger partial charge in [0.05, 0.1) is 16.6 Å². The first kappa shape index (κ1) is 16.1. The van der Waals surface area contributed by atoms with Crippen LogP contribution in [0.2, 0.25) is 0 Å². The Balaban J connectivity index is 2.21. The summed E-state index contributed by atoms with van der Waals surface area (Å²) in [4.78, 5) is 11.2. The highest BCUT2D eigenvalue weighted by atomic mass is 35.7. The van der Waals surface area contributed by atoms with E-state index >= 15 is 0 Å². The van der Waals surface area contributed by atoms with E-state index in [1.165, 1.54) is 0 Å². The lowest BCUT2D eigenvalue weighted by atomic mass is 10.2. The fourth-order valence-corrected chi connectivity index (χ4v) is 2.75. The molecular formula is C12H12ClF2NO4S. The summed E-state index contributed by atoms with van der Waals surface area (Å²) in [6.07, 6.45) is 1.44. The van der Waals surface area contributed by atoms with E-state index in [9.17, 15) is 22.0 Å². The molecule has 1 aromatic carbocycles. The number of amides is 1. The third-order valence-corrected chi connectivity index (χ3v) is 4.38. The third-order valence-electron chi connectivity index (χ3n) is 3.04. The first-order valence-electron chi connectivity index (χ1n) is 6.12. The molecule has 5 nitrogen and oxygen atoms in total. The van der Waals surface area contributed by atoms with E-state index in [0.717, 1.165) is 12.8 Å². The number of rotatable bonds is 4. The number of hydrogen-bond acceptors (Lipinski definition) is 4. The Kier molecular flexibility index (Phi) is 4.80. The van der Waals surface area contributed by atoms with Crippen molar-refractivity contribution >= 4 is 25.6 Å². The van der Waals surface area contributed by atoms with Crippen LogP contribution in [0.5, 0.6) is 0 Å². The second-order valence-corrected chi connectivity index (χ2v) is 7.12. The second kappa shape index (κ2) is 6.25. The average molecular weight is 340 g/mol. The summed E-state index contributed by atoms with van der Waals surface area (Å²) in [5.74, 6) is -3.81. The maximum absolute atomic E-state index is 13.6. The molecule has 1 amide bonds. The molecule has 0 aromatic heterocycles. The minimum Gasteiger partial charge on any atom is -0.376 e. The molecule has 0 radical (unpaired) electrons. The molecule has 9 heteroatoms. The average Bonchev–Trinajstić information content (AvgIpc) is 2.91. The van der Waals surface area contributed by atoms with E-state index in [1.807, 2.05) is 0 Å². The number of carbonyl (C=O) groups is 1. The first-order chi connectivity index (χ1) is 9.79. The lowest BCUT2D eigenvalue weighted by Crippen LogP contribution is -2.32. The fourth-order valence-electron chi connectivity index (χ4n) is 1.98. The Morgan fingerprint density at radius 1 is 1.43 bits per heavy atom. The van der Waals surface area contributed by atoms with Gasteiger partial charge in [0.15, 0.2) is 11.6 Å². The van der Waals surface area contributed by atoms with Gasteiger partial charge in [0.1, 0.15) is 0 Å². The minimum atomic E-state index is -4.27. The molecule has 1 fully saturated rings. The topological polar surface area (TPSA) is 72.5 Å². The summed E-state index contributed by atoms with van der Waals surface area (Å²) in [6, 6.07) is 1.13. The predicted molar refractivity (Wildman–Crippen MR) is 70.7 cm³/mol. The highest BCUT2D eigenvalue weighted by molar-refractivity contribution is 8.13. The summed E-state index contributed by atoms with van der Waals surface area (Å²) in [6.45, 7) is 0.723. The molecule has 1 aromatic rings. The Labute approximate surface area is 124 Å². The van der Waals surface area contributed by atoms with Gasteiger partial charge in [0, 0.05) is 23.8 Å². The molecule has 0 saturated carbocycles. The molecule has 2 rings (SSSR count). The number of nitrogens with one attached hydrogen (secondary N) is 1. The lowest BCUT2D eigenvalue weighted by molar-refractivity contribution is 0.0853. The molecule has 1 atom stereocenters. The number of carbonyl (C=O) groups excluding carboxylic acids is 1. The van der Waals surface area contributed by atoms with Gasteiger partial charge in [0.25, 0.3) is 15.0 Å². The molecule has 1 heterocycles. The largest absolute Gasteiger partial charge is 0.376 e. The van der Waals surface area contributed by atoms with E-state index in [-0.39, 0.29) is 12.6 Å². The standard InChI is InChI=1S/C12H12ClF2NO4S/c13-21(18,19)8-4-9(11(15)10(14)5-8)12(17)16-6-7-2-1-3-20-7/h4-5,7H,1-3,6H2,(H,16,17). The van der Waals surface area contributed by atoms with Crippen LogP contribution in [0.4, 0.5) is 8.78 Å². The van der Waals surface area contributed by atoms with Crippen LogP contribution in [-0.4, -0.2) is 33.6 Å². The molecule has 21 heavy (non-hydrogen) atoms. The summed E-state index contributed by atoms with van der Waals surface area (Å²) in [7, 11) is 0.804. The normalized spacial score (nSPS) is 18.7. The molecule has 0 aliphatic carbocycles. The van der Waals surface area contributed by atoms with Gasteiger partial charge in [-0.05, 0) is 25.0 Å². The van der Waals surface area contributed by atoms with Crippen molar-refractivity contribution in [2.24, 2.45) is 0 Å². The summed E-state index contributed by atoms with van der Waals surface area (Å²) < 4.78 is 54.6. The quantitative estimate of drug-likeness (QED) is 0.849. The van der Waals surface area contributed by atoms with Crippen molar-refractivity contribution in [2.45, 2.75) is 23.8 Å². The van der Waals surface area contributed by atoms with E-state index in [4.69, 9.17) is 15.4 Å². The highest BCUT2D eigenvalue weighted by Gasteiger charge is 2.23. The van der Waals surface area contributed by atoms with Crippen molar-refractivity contribution in [2.75, 3.05) is 13.2 Å². The fraction of sp³-hybridized carbons (Fsp3) is 0.417. The van der Waals surface area contributed by atoms with Crippen LogP contribution in [0.3, 0.4) is 0 Å². The minimum absolute atomic E-state index is 0.137. The van der Waals surface area contributed by atoms with E-state index in [1.54, 1.807) is 0 Å². The second-order valence-electron chi connectivity index (χ2n) is 4.55. The highest BCUT2D eigenvalue weighted by Crippen LogP contribution is 2.21. The molecule has 1 saturated heterocycles. The Morgan fingerprint density at radius 2 is 2.14 bits per heavy atom. The maximum atomic E-state index is 13.6. The number of halogens is 3. The molecule has 1 aliphatic heterocycles. The zero-order valence-corrected chi connectivity index (χ0v) is 12.3. The number of hydrogen-bond donors (Lipinski definition) is 1. The number of ether oxygens (including phenoxy) is 1. The molecule has 0 bridgehead atoms. The molecule has 1 unspecified atom stereocenters. The van der Waals surface area contributed by atoms with Crippen molar-refractivity contribution in [1.29, 1.82) is 0 Å². The molecule has 0 spiro atoms. The first-order valence-corrected chi connectivity index (χ1v) is 8.43. The predicted octanol–water partition coefficient (Wildman–Crippen LogP) is 1.80. The van der Waals surface area contributed by atoms with Crippen molar-refractivity contribution in [1.82, 2.24) is 5.32 Å². The summed E-state index contributed by atoms with van der Waals surface area (Å²) in [5.41, 5.74) is -0.716. The van der Waals surface area contributed by atoms with Crippen LogP contribution in [0.1, 0.15) is 23.2 Å². The smallest absolute Gasteiger partial charge is 0.261 e. The Morgan fingerprint density at radius 3 is 2.71 bits per heavy atom. The third kappa shape index (κ3) is 3.90. The van der Waals surface area contributed by atoms with Gasteiger partial charge in [-0.3, -0.25) is 4.79 Å². The van der Waals surface area contributed by atoms with Crippen molar-refractivity contribution in [3.8, 4) is 0 Å². The lowest BCUT2D eigenvalue weighted by Gasteiger charge is -2.11. The molecular weight excluding hydrogens is 328 g/mol. The Bertz CT molecular complexity index is 659. The SMILES string of the molecule is O=C(NCC1CCCO1)c1cc(S(=O)(=O)Cl)cc(F)c1F. The van der Waals surface area contributed by atoms with Crippen molar-refractivity contribution in [3.05, 3.63) is 29.3 Å². The summed E-state index contributed by atoms with van der Waals surface area (Å²) in [5, 5.41) is 2.38. The van der Waals surface area contributed by atoms with Gasteiger partial charge >= 0.3 is 0 Å². The number of benzene rings is 1. The van der Waals surface area contributed by atoms with Gasteiger partial charge in [-0.2, -0.15) is 0 Å². The van der Waals surface area contributed by atoms with Crippen LogP contribution in [-0.2, 0) is 13.8 Å². The van der Waals surface area contributed by atoms with Gasteiger partial charge in [-0.25, -0.2) is 17.2 Å². The van der Waals surface area contributed by atoms with Crippen LogP contribution < -0.4 is 5.32 Å². The van der Waals surface area contributed by atoms with Crippen LogP contribution in [0, 0.1) is 11.6 Å². The molecule has 1 aliphatic rings. The van der Waals surface area contributed by atoms with E-state index in [2.05, 4.69) is 5.32 Å². The van der Waals surface area contributed by atoms with E-state index in [0.29, 0.717) is 18.7 Å². The maximum Gasteiger partial charge on any atom is 0.261 e. The van der Waals surface area contributed by atoms with Crippen molar-refractivity contribution < 1.29 is 26.7 Å². The molecule has 1 N–H and O–H groups in total. The molecule has 116 valence electrons. The summed E-state index contributed by atoms with van der Waals surface area (Å²) >= 11 is 0. The van der Waals surface area contributed by atoms with Gasteiger partial charge in [-0.15, -0.1) is 0 Å².